The summed E-state index contributed by atoms with van der Waals surface area (Å²) < 4.78 is 11.6. The van der Waals surface area contributed by atoms with Crippen molar-refractivity contribution in [3.05, 3.63) is 112 Å². The molecule has 7 heteroatoms. The van der Waals surface area contributed by atoms with Crippen LogP contribution in [0.25, 0.3) is 11.3 Å². The predicted molar refractivity (Wildman–Crippen MR) is 126 cm³/mol. The van der Waals surface area contributed by atoms with Crippen LogP contribution in [0.1, 0.15) is 22.6 Å². The van der Waals surface area contributed by atoms with E-state index in [1.54, 1.807) is 0 Å². The fraction of sp³-hybridized carbons (Fsp3) is 0.0769. The summed E-state index contributed by atoms with van der Waals surface area (Å²) in [6, 6.07) is 27.2. The molecule has 3 N–H and O–H groups in total. The summed E-state index contributed by atoms with van der Waals surface area (Å²) in [4.78, 5) is 0. The van der Waals surface area contributed by atoms with Gasteiger partial charge in [0.1, 0.15) is 24.0 Å². The Balaban J connectivity index is 1.47. The number of nitrogens with two attached hydrogens (primary N) is 1. The molecular formula is C26H19ClN4O2. The van der Waals surface area contributed by atoms with Gasteiger partial charge in [0.2, 0.25) is 11.8 Å². The number of fused-ring (bicyclic) bond motifs is 1. The standard InChI is InChI=1S/C26H19ClN4O2/c27-19-10-6-16(7-11-19)15-32-20-12-8-17(9-13-20)22-21(14-28)25(29)33-26-23(22)24(30-31-26)18-4-2-1-3-5-18/h1-13,22H,15,29H2,(H,30,31). The predicted octanol–water partition coefficient (Wildman–Crippen LogP) is 5.53. The van der Waals surface area contributed by atoms with Crippen LogP contribution in [0.15, 0.2) is 90.3 Å². The summed E-state index contributed by atoms with van der Waals surface area (Å²) in [6.45, 7) is 0.425. The molecule has 1 aliphatic rings. The summed E-state index contributed by atoms with van der Waals surface area (Å²) in [5.41, 5.74) is 10.8. The zero-order valence-corrected chi connectivity index (χ0v) is 18.2. The van der Waals surface area contributed by atoms with E-state index in [2.05, 4.69) is 16.3 Å². The number of hydrogen-bond acceptors (Lipinski definition) is 5. The Bertz CT molecular complexity index is 1350. The third-order valence-electron chi connectivity index (χ3n) is 5.53. The van der Waals surface area contributed by atoms with Crippen LogP contribution in [-0.2, 0) is 6.61 Å². The molecule has 0 spiro atoms. The lowest BCUT2D eigenvalue weighted by atomic mass is 9.83. The number of hydrogen-bond donors (Lipinski definition) is 2. The molecule has 5 rings (SSSR count). The Kier molecular flexibility index (Phi) is 5.47. The molecular weight excluding hydrogens is 436 g/mol. The first-order valence-corrected chi connectivity index (χ1v) is 10.7. The second-order valence-corrected chi connectivity index (χ2v) is 8.03. The second kappa shape index (κ2) is 8.73. The lowest BCUT2D eigenvalue weighted by molar-refractivity contribution is 0.306. The zero-order valence-electron chi connectivity index (χ0n) is 17.5. The Morgan fingerprint density at radius 1 is 1.03 bits per heavy atom. The van der Waals surface area contributed by atoms with Crippen LogP contribution < -0.4 is 15.2 Å². The van der Waals surface area contributed by atoms with Crippen molar-refractivity contribution in [3.63, 3.8) is 0 Å². The number of allylic oxidation sites excluding steroid dienone is 1. The van der Waals surface area contributed by atoms with Crippen LogP contribution >= 0.6 is 11.6 Å². The minimum absolute atomic E-state index is 0.0594. The number of nitriles is 1. The van der Waals surface area contributed by atoms with E-state index < -0.39 is 5.92 Å². The number of aromatic nitrogens is 2. The highest BCUT2D eigenvalue weighted by Crippen LogP contribution is 2.45. The van der Waals surface area contributed by atoms with Gasteiger partial charge in [0.15, 0.2) is 0 Å². The van der Waals surface area contributed by atoms with Gasteiger partial charge in [-0.15, -0.1) is 5.10 Å². The average molecular weight is 455 g/mol. The van der Waals surface area contributed by atoms with Crippen molar-refractivity contribution in [2.75, 3.05) is 0 Å². The number of halogens is 1. The van der Waals surface area contributed by atoms with Crippen LogP contribution in [0, 0.1) is 11.3 Å². The van der Waals surface area contributed by atoms with Gasteiger partial charge in [0, 0.05) is 5.02 Å². The highest BCUT2D eigenvalue weighted by molar-refractivity contribution is 6.30. The Morgan fingerprint density at radius 2 is 1.76 bits per heavy atom. The van der Waals surface area contributed by atoms with Crippen LogP contribution in [0.5, 0.6) is 11.6 Å². The van der Waals surface area contributed by atoms with E-state index in [4.69, 9.17) is 26.8 Å². The van der Waals surface area contributed by atoms with Crippen molar-refractivity contribution in [3.8, 4) is 29.0 Å². The molecule has 0 saturated carbocycles. The van der Waals surface area contributed by atoms with Crippen molar-refractivity contribution in [1.82, 2.24) is 10.2 Å². The Hall–Kier alpha value is -4.21. The van der Waals surface area contributed by atoms with E-state index in [-0.39, 0.29) is 5.88 Å². The molecule has 0 amide bonds. The first-order valence-electron chi connectivity index (χ1n) is 10.3. The lowest BCUT2D eigenvalue weighted by Crippen LogP contribution is -2.21. The molecule has 0 aliphatic carbocycles. The molecule has 1 aromatic heterocycles. The van der Waals surface area contributed by atoms with Crippen LogP contribution in [0.4, 0.5) is 0 Å². The van der Waals surface area contributed by atoms with Gasteiger partial charge in [0.25, 0.3) is 0 Å². The van der Waals surface area contributed by atoms with Crippen molar-refractivity contribution >= 4 is 11.6 Å². The minimum atomic E-state index is -0.418. The quantitative estimate of drug-likeness (QED) is 0.413. The SMILES string of the molecule is N#CC1=C(N)Oc2n[nH]c(-c3ccccc3)c2C1c1ccc(OCc2ccc(Cl)cc2)cc1. The summed E-state index contributed by atoms with van der Waals surface area (Å²) >= 11 is 5.94. The molecule has 4 aromatic rings. The molecule has 6 nitrogen and oxygen atoms in total. The van der Waals surface area contributed by atoms with Crippen molar-refractivity contribution in [2.24, 2.45) is 5.73 Å². The van der Waals surface area contributed by atoms with Gasteiger partial charge >= 0.3 is 0 Å². The maximum Gasteiger partial charge on any atom is 0.244 e. The van der Waals surface area contributed by atoms with E-state index in [0.717, 1.165) is 27.9 Å². The highest BCUT2D eigenvalue weighted by atomic mass is 35.5. The maximum atomic E-state index is 9.87. The van der Waals surface area contributed by atoms with Crippen molar-refractivity contribution in [1.29, 1.82) is 5.26 Å². The minimum Gasteiger partial charge on any atom is -0.489 e. The molecule has 1 aliphatic heterocycles. The van der Waals surface area contributed by atoms with E-state index in [0.29, 0.717) is 28.8 Å². The number of ether oxygens (including phenoxy) is 2. The Morgan fingerprint density at radius 3 is 2.45 bits per heavy atom. The molecule has 3 aromatic carbocycles. The number of nitrogens with one attached hydrogen (secondary N) is 1. The van der Waals surface area contributed by atoms with Gasteiger partial charge in [-0.05, 0) is 41.0 Å². The monoisotopic (exact) mass is 454 g/mol. The molecule has 0 saturated heterocycles. The normalized spacial score (nSPS) is 14.8. The zero-order chi connectivity index (χ0) is 22.8. The third kappa shape index (κ3) is 4.02. The first kappa shape index (κ1) is 20.7. The fourth-order valence-corrected chi connectivity index (χ4v) is 4.03. The van der Waals surface area contributed by atoms with Crippen LogP contribution in [0.2, 0.25) is 5.02 Å². The fourth-order valence-electron chi connectivity index (χ4n) is 3.91. The summed E-state index contributed by atoms with van der Waals surface area (Å²) in [6.07, 6.45) is 0. The first-order chi connectivity index (χ1) is 16.1. The van der Waals surface area contributed by atoms with E-state index in [1.807, 2.05) is 78.9 Å². The Labute approximate surface area is 195 Å². The molecule has 1 atom stereocenters. The van der Waals surface area contributed by atoms with Gasteiger partial charge in [-0.2, -0.15) is 5.26 Å². The van der Waals surface area contributed by atoms with Gasteiger partial charge in [-0.3, -0.25) is 5.10 Å². The van der Waals surface area contributed by atoms with E-state index >= 15 is 0 Å². The molecule has 162 valence electrons. The van der Waals surface area contributed by atoms with Gasteiger partial charge in [-0.1, -0.05) is 66.2 Å². The van der Waals surface area contributed by atoms with Gasteiger partial charge in [-0.25, -0.2) is 0 Å². The van der Waals surface area contributed by atoms with Crippen molar-refractivity contribution < 1.29 is 9.47 Å². The average Bonchev–Trinajstić information content (AvgIpc) is 3.27. The van der Waals surface area contributed by atoms with E-state index in [1.165, 1.54) is 0 Å². The molecule has 2 heterocycles. The summed E-state index contributed by atoms with van der Waals surface area (Å²) in [5, 5.41) is 17.9. The molecule has 0 radical (unpaired) electrons. The third-order valence-corrected chi connectivity index (χ3v) is 5.79. The van der Waals surface area contributed by atoms with Crippen molar-refractivity contribution in [2.45, 2.75) is 12.5 Å². The molecule has 0 bridgehead atoms. The molecule has 33 heavy (non-hydrogen) atoms. The second-order valence-electron chi connectivity index (χ2n) is 7.59. The number of rotatable bonds is 5. The lowest BCUT2D eigenvalue weighted by Gasteiger charge is -2.24. The number of nitrogens with zero attached hydrogens (tertiary/aromatic N) is 2. The highest BCUT2D eigenvalue weighted by Gasteiger charge is 2.35. The van der Waals surface area contributed by atoms with Gasteiger partial charge in [0.05, 0.1) is 17.2 Å². The van der Waals surface area contributed by atoms with Gasteiger partial charge < -0.3 is 15.2 Å². The topological polar surface area (TPSA) is 97.0 Å². The summed E-state index contributed by atoms with van der Waals surface area (Å²) in [5.74, 6) is 0.729. The summed E-state index contributed by atoms with van der Waals surface area (Å²) in [7, 11) is 0. The maximum absolute atomic E-state index is 9.87. The van der Waals surface area contributed by atoms with E-state index in [9.17, 15) is 5.26 Å². The number of aromatic amines is 1. The molecule has 0 fully saturated rings. The van der Waals surface area contributed by atoms with Crippen LogP contribution in [-0.4, -0.2) is 10.2 Å². The number of benzene rings is 3. The smallest absolute Gasteiger partial charge is 0.244 e. The number of H-pyrrole nitrogens is 1. The largest absolute Gasteiger partial charge is 0.489 e. The van der Waals surface area contributed by atoms with Crippen LogP contribution in [0.3, 0.4) is 0 Å². The molecule has 1 unspecified atom stereocenters.